The molecule has 3 N–H and O–H groups in total. The summed E-state index contributed by atoms with van der Waals surface area (Å²) in [6, 6.07) is 4.91. The van der Waals surface area contributed by atoms with Crippen molar-refractivity contribution < 1.29 is 17.8 Å². The summed E-state index contributed by atoms with van der Waals surface area (Å²) in [7, 11) is -4.56. The first kappa shape index (κ1) is 14.9. The minimum atomic E-state index is -4.56. The van der Waals surface area contributed by atoms with Gasteiger partial charge in [-0.25, -0.2) is 4.79 Å². The molecule has 1 aliphatic carbocycles. The third-order valence-corrected chi connectivity index (χ3v) is 3.69. The Hall–Kier alpha value is -2.54. The number of nitrogens with two attached hydrogens (primary N) is 1. The zero-order chi connectivity index (χ0) is 15.5. The molecule has 21 heavy (non-hydrogen) atoms. The summed E-state index contributed by atoms with van der Waals surface area (Å²) in [5.41, 5.74) is 0.898. The summed E-state index contributed by atoms with van der Waals surface area (Å²) >= 11 is 0. The molecule has 0 atom stereocenters. The summed E-state index contributed by atoms with van der Waals surface area (Å²) in [4.78, 5) is 14.5. The second-order valence-corrected chi connectivity index (χ2v) is 5.57. The van der Waals surface area contributed by atoms with Crippen molar-refractivity contribution in [1.82, 2.24) is 4.98 Å². The molecule has 8 heteroatoms. The number of hydrogen-bond acceptors (Lipinski definition) is 6. The van der Waals surface area contributed by atoms with Crippen LogP contribution in [0.4, 0.5) is 0 Å². The van der Waals surface area contributed by atoms with Gasteiger partial charge in [0.05, 0.1) is 11.9 Å². The van der Waals surface area contributed by atoms with E-state index < -0.39 is 15.0 Å². The summed E-state index contributed by atoms with van der Waals surface area (Å²) in [5.74, 6) is 6.74. The molecule has 1 heterocycles. The number of hydrazone groups is 1. The molecule has 1 aliphatic rings. The van der Waals surface area contributed by atoms with Crippen molar-refractivity contribution >= 4 is 27.8 Å². The van der Waals surface area contributed by atoms with E-state index in [9.17, 15) is 17.8 Å². The molecule has 0 unspecified atom stereocenters. The van der Waals surface area contributed by atoms with E-state index in [4.69, 9.17) is 5.84 Å². The van der Waals surface area contributed by atoms with E-state index >= 15 is 0 Å². The molecular formula is C13H11N3O4S. The zero-order valence-electron chi connectivity index (χ0n) is 10.7. The molecule has 0 aromatic carbocycles. The molecule has 0 bridgehead atoms. The third-order valence-electron chi connectivity index (χ3n) is 2.81. The summed E-state index contributed by atoms with van der Waals surface area (Å²) in [6.45, 7) is 0. The van der Waals surface area contributed by atoms with E-state index in [1.807, 2.05) is 0 Å². The maximum Gasteiger partial charge on any atom is 0.295 e. The number of pyridine rings is 1. The number of nitrogens with zero attached hydrogens (tertiary/aromatic N) is 2. The Morgan fingerprint density at radius 2 is 2.19 bits per heavy atom. The van der Waals surface area contributed by atoms with Crippen LogP contribution in [0.25, 0.3) is 5.57 Å². The minimum absolute atomic E-state index is 0.0669. The molecule has 0 saturated heterocycles. The van der Waals surface area contributed by atoms with E-state index in [0.717, 1.165) is 6.08 Å². The summed E-state index contributed by atoms with van der Waals surface area (Å²) < 4.78 is 32.6. The van der Waals surface area contributed by atoms with Gasteiger partial charge in [-0.15, -0.1) is 0 Å². The van der Waals surface area contributed by atoms with Crippen molar-refractivity contribution in [2.45, 2.75) is 6.42 Å². The van der Waals surface area contributed by atoms with Gasteiger partial charge in [-0.05, 0) is 23.8 Å². The topological polar surface area (TPSA) is 123 Å². The molecule has 1 aromatic rings. The number of rotatable bonds is 3. The molecule has 0 fully saturated rings. The first-order valence-corrected chi connectivity index (χ1v) is 7.22. The predicted molar refractivity (Wildman–Crippen MR) is 77.3 cm³/mol. The highest BCUT2D eigenvalue weighted by Crippen LogP contribution is 2.35. The van der Waals surface area contributed by atoms with Crippen LogP contribution in [-0.2, 0) is 14.9 Å². The second-order valence-electron chi connectivity index (χ2n) is 4.18. The largest absolute Gasteiger partial charge is 0.323 e. The van der Waals surface area contributed by atoms with Gasteiger partial charge in [-0.2, -0.15) is 13.5 Å². The van der Waals surface area contributed by atoms with Gasteiger partial charge in [-0.1, -0.05) is 6.07 Å². The van der Waals surface area contributed by atoms with Crippen LogP contribution in [0.2, 0.25) is 0 Å². The Bertz CT molecular complexity index is 801. The molecule has 1 aromatic heterocycles. The molecule has 0 aliphatic heterocycles. The molecule has 7 nitrogen and oxygen atoms in total. The van der Waals surface area contributed by atoms with Crippen LogP contribution in [0.15, 0.2) is 51.6 Å². The van der Waals surface area contributed by atoms with Crippen molar-refractivity contribution in [2.24, 2.45) is 10.9 Å². The van der Waals surface area contributed by atoms with Crippen molar-refractivity contribution in [2.75, 3.05) is 0 Å². The van der Waals surface area contributed by atoms with Gasteiger partial charge in [0.25, 0.3) is 10.1 Å². The quantitative estimate of drug-likeness (QED) is 0.279. The van der Waals surface area contributed by atoms with E-state index in [1.54, 1.807) is 24.1 Å². The zero-order valence-corrected chi connectivity index (χ0v) is 11.5. The van der Waals surface area contributed by atoms with Gasteiger partial charge in [0.1, 0.15) is 10.8 Å². The average molecular weight is 305 g/mol. The van der Waals surface area contributed by atoms with Crippen LogP contribution in [-0.4, -0.2) is 30.1 Å². The molecule has 108 valence electrons. The fraction of sp³-hybridized carbons (Fsp3) is 0.0769. The van der Waals surface area contributed by atoms with Crippen LogP contribution < -0.4 is 5.84 Å². The minimum Gasteiger partial charge on any atom is -0.323 e. The maximum atomic E-state index is 11.6. The molecule has 2 rings (SSSR count). The Kier molecular flexibility index (Phi) is 4.13. The third kappa shape index (κ3) is 3.14. The lowest BCUT2D eigenvalue weighted by molar-refractivity contribution is 0.492. The van der Waals surface area contributed by atoms with Crippen LogP contribution >= 0.6 is 0 Å². The van der Waals surface area contributed by atoms with Crippen LogP contribution in [0.1, 0.15) is 12.1 Å². The lowest BCUT2D eigenvalue weighted by Gasteiger charge is -2.18. The van der Waals surface area contributed by atoms with Crippen molar-refractivity contribution in [3.05, 3.63) is 52.2 Å². The Balaban J connectivity index is 2.79. The van der Waals surface area contributed by atoms with Crippen LogP contribution in [0.3, 0.4) is 0 Å². The predicted octanol–water partition coefficient (Wildman–Crippen LogP) is 0.713. The lowest BCUT2D eigenvalue weighted by Crippen LogP contribution is -2.13. The van der Waals surface area contributed by atoms with Crippen molar-refractivity contribution in [1.29, 1.82) is 0 Å². The highest BCUT2D eigenvalue weighted by atomic mass is 32.2. The fourth-order valence-corrected chi connectivity index (χ4v) is 2.79. The molecule has 0 spiro atoms. The van der Waals surface area contributed by atoms with E-state index in [-0.39, 0.29) is 17.6 Å². The van der Waals surface area contributed by atoms with Crippen molar-refractivity contribution in [3.8, 4) is 0 Å². The van der Waals surface area contributed by atoms with E-state index in [2.05, 4.69) is 10.1 Å². The average Bonchev–Trinajstić information content (AvgIpc) is 2.46. The molecule has 0 saturated carbocycles. The highest BCUT2D eigenvalue weighted by Gasteiger charge is 2.28. The molecular weight excluding hydrogens is 294 g/mol. The lowest BCUT2D eigenvalue weighted by atomic mass is 9.93. The smallest absolute Gasteiger partial charge is 0.295 e. The van der Waals surface area contributed by atoms with Crippen LogP contribution in [0.5, 0.6) is 0 Å². The van der Waals surface area contributed by atoms with Gasteiger partial charge >= 0.3 is 0 Å². The highest BCUT2D eigenvalue weighted by molar-refractivity contribution is 7.90. The monoisotopic (exact) mass is 305 g/mol. The Morgan fingerprint density at radius 3 is 2.71 bits per heavy atom. The van der Waals surface area contributed by atoms with Crippen molar-refractivity contribution in [3.63, 3.8) is 0 Å². The fourth-order valence-electron chi connectivity index (χ4n) is 2.00. The summed E-state index contributed by atoms with van der Waals surface area (Å²) in [6.07, 6.45) is 3.86. The standard InChI is InChI=1S/C13H11N3O4S/c14-16-7-10-5-9(8-17)6-12(21(18,19)20)13(10)11-3-1-2-4-15-11/h1-4,6-7H,5,14H2,(H,18,19,20). The number of aromatic nitrogens is 1. The normalized spacial score (nSPS) is 16.0. The van der Waals surface area contributed by atoms with Gasteiger partial charge in [-0.3, -0.25) is 9.54 Å². The van der Waals surface area contributed by atoms with Gasteiger partial charge in [0.2, 0.25) is 0 Å². The van der Waals surface area contributed by atoms with E-state index in [0.29, 0.717) is 11.3 Å². The van der Waals surface area contributed by atoms with Crippen LogP contribution in [0, 0.1) is 0 Å². The Labute approximate surface area is 120 Å². The Morgan fingerprint density at radius 1 is 1.43 bits per heavy atom. The molecule has 0 amide bonds. The number of carbonyl (C=O) groups excluding carboxylic acids is 1. The second kappa shape index (κ2) is 5.84. The van der Waals surface area contributed by atoms with Gasteiger partial charge < -0.3 is 5.84 Å². The first-order chi connectivity index (χ1) is 9.97. The molecule has 0 radical (unpaired) electrons. The number of hydrogen-bond donors (Lipinski definition) is 2. The van der Waals surface area contributed by atoms with E-state index in [1.165, 1.54) is 12.4 Å². The first-order valence-electron chi connectivity index (χ1n) is 5.78. The van der Waals surface area contributed by atoms with Gasteiger partial charge in [0, 0.05) is 23.8 Å². The number of allylic oxidation sites excluding steroid dienone is 4. The SMILES string of the molecule is NN=CC1=C(c2ccccn2)C(S(=O)(=O)O)=CC(=C=O)C1. The maximum absolute atomic E-state index is 11.6. The van der Waals surface area contributed by atoms with Gasteiger partial charge in [0.15, 0.2) is 0 Å². The summed E-state index contributed by atoms with van der Waals surface area (Å²) in [5, 5.41) is 3.36.